The van der Waals surface area contributed by atoms with Crippen molar-refractivity contribution >= 4 is 32.5 Å². The fourth-order valence-electron chi connectivity index (χ4n) is 3.65. The van der Waals surface area contributed by atoms with Crippen LogP contribution < -0.4 is 0 Å². The summed E-state index contributed by atoms with van der Waals surface area (Å²) in [4.78, 5) is 6.55. The fourth-order valence-corrected chi connectivity index (χ4v) is 5.35. The molecule has 29 heavy (non-hydrogen) atoms. The molecular formula is C21H21ClFN3O2S. The van der Waals surface area contributed by atoms with Crippen LogP contribution in [-0.4, -0.2) is 48.8 Å². The molecule has 8 heteroatoms. The fraction of sp³-hybridized carbons (Fsp3) is 0.286. The highest BCUT2D eigenvalue weighted by atomic mass is 35.5. The van der Waals surface area contributed by atoms with Crippen LogP contribution in [-0.2, 0) is 16.6 Å². The topological polar surface area (TPSA) is 53.5 Å². The van der Waals surface area contributed by atoms with Crippen molar-refractivity contribution in [3.63, 3.8) is 0 Å². The van der Waals surface area contributed by atoms with Gasteiger partial charge in [-0.2, -0.15) is 4.31 Å². The highest BCUT2D eigenvalue weighted by molar-refractivity contribution is 7.89. The number of pyridine rings is 1. The van der Waals surface area contributed by atoms with E-state index < -0.39 is 15.8 Å². The number of rotatable bonds is 4. The Morgan fingerprint density at radius 1 is 1.03 bits per heavy atom. The Bertz CT molecular complexity index is 1160. The third-order valence-electron chi connectivity index (χ3n) is 5.31. The first kappa shape index (κ1) is 20.2. The lowest BCUT2D eigenvalue weighted by Gasteiger charge is -2.34. The van der Waals surface area contributed by atoms with Crippen molar-refractivity contribution in [2.24, 2.45) is 0 Å². The molecule has 2 heterocycles. The molecule has 0 aliphatic carbocycles. The Balaban J connectivity index is 1.49. The third-order valence-corrected chi connectivity index (χ3v) is 7.74. The number of nitrogens with zero attached hydrogens (tertiary/aromatic N) is 3. The van der Waals surface area contributed by atoms with Crippen LogP contribution in [0.3, 0.4) is 0 Å². The smallest absolute Gasteiger partial charge is 0.246 e. The maximum absolute atomic E-state index is 14.0. The zero-order valence-electron chi connectivity index (χ0n) is 16.0. The highest BCUT2D eigenvalue weighted by Crippen LogP contribution is 2.28. The molecule has 1 aliphatic rings. The predicted octanol–water partition coefficient (Wildman–Crippen LogP) is 3.84. The second-order valence-corrected chi connectivity index (χ2v) is 9.41. The molecule has 0 bridgehead atoms. The van der Waals surface area contributed by atoms with Gasteiger partial charge in [0.1, 0.15) is 10.7 Å². The van der Waals surface area contributed by atoms with Crippen molar-refractivity contribution < 1.29 is 12.8 Å². The summed E-state index contributed by atoms with van der Waals surface area (Å²) in [7, 11) is -3.84. The first-order valence-electron chi connectivity index (χ1n) is 9.38. The number of hydrogen-bond acceptors (Lipinski definition) is 4. The number of piperazine rings is 1. The van der Waals surface area contributed by atoms with E-state index in [4.69, 9.17) is 16.6 Å². The number of benzene rings is 2. The molecule has 0 unspecified atom stereocenters. The molecule has 1 aromatic heterocycles. The van der Waals surface area contributed by atoms with Crippen LogP contribution in [0, 0.1) is 12.7 Å². The minimum absolute atomic E-state index is 0.275. The summed E-state index contributed by atoms with van der Waals surface area (Å²) in [6.45, 7) is 4.16. The monoisotopic (exact) mass is 433 g/mol. The second-order valence-electron chi connectivity index (χ2n) is 7.13. The number of halogens is 2. The molecule has 2 aromatic carbocycles. The summed E-state index contributed by atoms with van der Waals surface area (Å²) in [5, 5.41) is 1.67. The molecule has 5 nitrogen and oxygen atoms in total. The van der Waals surface area contributed by atoms with Gasteiger partial charge in [0.2, 0.25) is 10.0 Å². The van der Waals surface area contributed by atoms with Gasteiger partial charge in [-0.25, -0.2) is 17.8 Å². The molecule has 0 spiro atoms. The molecule has 1 saturated heterocycles. The van der Waals surface area contributed by atoms with E-state index in [1.54, 1.807) is 0 Å². The number of para-hydroxylation sites is 1. The molecule has 0 amide bonds. The van der Waals surface area contributed by atoms with Gasteiger partial charge in [0, 0.05) is 38.1 Å². The molecule has 1 aliphatic heterocycles. The number of aryl methyl sites for hydroxylation is 1. The molecule has 3 aromatic rings. The van der Waals surface area contributed by atoms with Crippen molar-refractivity contribution in [3.05, 3.63) is 70.6 Å². The Labute approximate surface area is 174 Å². The van der Waals surface area contributed by atoms with Gasteiger partial charge in [-0.05, 0) is 30.7 Å². The summed E-state index contributed by atoms with van der Waals surface area (Å²) in [5.41, 5.74) is 2.67. The first-order chi connectivity index (χ1) is 13.9. The van der Waals surface area contributed by atoms with E-state index in [1.807, 2.05) is 31.2 Å². The number of hydrogen-bond donors (Lipinski definition) is 0. The van der Waals surface area contributed by atoms with Gasteiger partial charge in [0.05, 0.1) is 16.2 Å². The average Bonchev–Trinajstić information content (AvgIpc) is 2.72. The van der Waals surface area contributed by atoms with E-state index in [1.165, 1.54) is 28.6 Å². The summed E-state index contributed by atoms with van der Waals surface area (Å²) in [6, 6.07) is 13.3. The quantitative estimate of drug-likeness (QED) is 0.627. The van der Waals surface area contributed by atoms with Crippen molar-refractivity contribution in [1.82, 2.24) is 14.2 Å². The SMILES string of the molecule is Cc1c(Cl)c(CN2CCN(S(=O)(=O)c3ccccc3F)CC2)nc2ccccc12. The minimum Gasteiger partial charge on any atom is -0.295 e. The van der Waals surface area contributed by atoms with E-state index in [-0.39, 0.29) is 4.90 Å². The zero-order chi connectivity index (χ0) is 20.6. The lowest BCUT2D eigenvalue weighted by atomic mass is 10.1. The number of aromatic nitrogens is 1. The molecule has 4 rings (SSSR count). The number of fused-ring (bicyclic) bond motifs is 1. The molecule has 152 valence electrons. The molecule has 0 radical (unpaired) electrons. The summed E-state index contributed by atoms with van der Waals surface area (Å²) in [5.74, 6) is -0.724. The van der Waals surface area contributed by atoms with E-state index in [0.717, 1.165) is 22.2 Å². The largest absolute Gasteiger partial charge is 0.295 e. The third kappa shape index (κ3) is 3.88. The Morgan fingerprint density at radius 2 is 1.69 bits per heavy atom. The van der Waals surface area contributed by atoms with E-state index in [0.29, 0.717) is 37.7 Å². The molecule has 0 N–H and O–H groups in total. The van der Waals surface area contributed by atoms with Crippen molar-refractivity contribution in [1.29, 1.82) is 0 Å². The van der Waals surface area contributed by atoms with Gasteiger partial charge >= 0.3 is 0 Å². The van der Waals surface area contributed by atoms with Gasteiger partial charge in [-0.15, -0.1) is 0 Å². The Hall–Kier alpha value is -2.06. The van der Waals surface area contributed by atoms with Crippen LogP contribution in [0.15, 0.2) is 53.4 Å². The predicted molar refractivity (Wildman–Crippen MR) is 112 cm³/mol. The number of sulfonamides is 1. The van der Waals surface area contributed by atoms with E-state index in [2.05, 4.69) is 4.90 Å². The highest BCUT2D eigenvalue weighted by Gasteiger charge is 2.30. The first-order valence-corrected chi connectivity index (χ1v) is 11.2. The van der Waals surface area contributed by atoms with Crippen LogP contribution >= 0.6 is 11.6 Å². The maximum Gasteiger partial charge on any atom is 0.246 e. The summed E-state index contributed by atoms with van der Waals surface area (Å²) < 4.78 is 40.8. The Kier molecular flexibility index (Phi) is 5.57. The van der Waals surface area contributed by atoms with E-state index >= 15 is 0 Å². The van der Waals surface area contributed by atoms with Crippen molar-refractivity contribution in [2.75, 3.05) is 26.2 Å². The van der Waals surface area contributed by atoms with Crippen LogP contribution in [0.4, 0.5) is 4.39 Å². The Morgan fingerprint density at radius 3 is 2.41 bits per heavy atom. The average molecular weight is 434 g/mol. The normalized spacial score (nSPS) is 16.4. The van der Waals surface area contributed by atoms with Gasteiger partial charge in [0.25, 0.3) is 0 Å². The van der Waals surface area contributed by atoms with E-state index in [9.17, 15) is 12.8 Å². The lowest BCUT2D eigenvalue weighted by Crippen LogP contribution is -2.48. The summed E-state index contributed by atoms with van der Waals surface area (Å²) in [6.07, 6.45) is 0. The summed E-state index contributed by atoms with van der Waals surface area (Å²) >= 11 is 6.55. The van der Waals surface area contributed by atoms with Gasteiger partial charge in [-0.3, -0.25) is 4.90 Å². The molecule has 0 saturated carbocycles. The molecular weight excluding hydrogens is 413 g/mol. The lowest BCUT2D eigenvalue weighted by molar-refractivity contribution is 0.180. The van der Waals surface area contributed by atoms with Crippen LogP contribution in [0.25, 0.3) is 10.9 Å². The van der Waals surface area contributed by atoms with Crippen LogP contribution in [0.5, 0.6) is 0 Å². The minimum atomic E-state index is -3.84. The zero-order valence-corrected chi connectivity index (χ0v) is 17.5. The molecule has 1 fully saturated rings. The molecule has 0 atom stereocenters. The van der Waals surface area contributed by atoms with Gasteiger partial charge in [-0.1, -0.05) is 41.9 Å². The van der Waals surface area contributed by atoms with Gasteiger partial charge < -0.3 is 0 Å². The standard InChI is InChI=1S/C21H21ClFN3O2S/c1-15-16-6-2-4-8-18(16)24-19(21(15)22)14-25-10-12-26(13-11-25)29(27,28)20-9-5-3-7-17(20)23/h2-9H,10-14H2,1H3. The maximum atomic E-state index is 14.0. The van der Waals surface area contributed by atoms with Crippen LogP contribution in [0.2, 0.25) is 5.02 Å². The van der Waals surface area contributed by atoms with Crippen LogP contribution in [0.1, 0.15) is 11.3 Å². The van der Waals surface area contributed by atoms with Gasteiger partial charge in [0.15, 0.2) is 0 Å². The second kappa shape index (κ2) is 7.99. The van der Waals surface area contributed by atoms with Crippen molar-refractivity contribution in [3.8, 4) is 0 Å². The van der Waals surface area contributed by atoms with Crippen molar-refractivity contribution in [2.45, 2.75) is 18.4 Å².